The van der Waals surface area contributed by atoms with Gasteiger partial charge in [0, 0.05) is 11.0 Å². The third-order valence-corrected chi connectivity index (χ3v) is 3.54. The highest BCUT2D eigenvalue weighted by molar-refractivity contribution is 7.98. The van der Waals surface area contributed by atoms with Crippen molar-refractivity contribution in [3.8, 4) is 23.3 Å². The zero-order valence-corrected chi connectivity index (χ0v) is 12.0. The van der Waals surface area contributed by atoms with Crippen molar-refractivity contribution in [1.82, 2.24) is 0 Å². The molecule has 0 fully saturated rings. The summed E-state index contributed by atoms with van der Waals surface area (Å²) in [5, 5.41) is 9.27. The predicted octanol–water partition coefficient (Wildman–Crippen LogP) is 3.66. The second-order valence-corrected chi connectivity index (χ2v) is 4.80. The van der Waals surface area contributed by atoms with E-state index in [-0.39, 0.29) is 0 Å². The number of nitrogens with zero attached hydrogens (tertiary/aromatic N) is 1. The minimum atomic E-state index is 0.461. The van der Waals surface area contributed by atoms with Crippen molar-refractivity contribution in [2.24, 2.45) is 0 Å². The van der Waals surface area contributed by atoms with E-state index in [1.807, 2.05) is 18.4 Å². The summed E-state index contributed by atoms with van der Waals surface area (Å²) in [7, 11) is 1.57. The third-order valence-electron chi connectivity index (χ3n) is 2.76. The standard InChI is InChI=1S/C15H14N2O2S/c1-18-10-6-7-14(12(17)8-10)19-13-4-3-5-15(20-2)11(13)9-16/h3-8H,17H2,1-2H3. The molecule has 0 aliphatic carbocycles. The Morgan fingerprint density at radius 3 is 2.60 bits per heavy atom. The molecule has 0 radical (unpaired) electrons. The highest BCUT2D eigenvalue weighted by Crippen LogP contribution is 2.35. The van der Waals surface area contributed by atoms with Gasteiger partial charge in [-0.25, -0.2) is 0 Å². The van der Waals surface area contributed by atoms with Gasteiger partial charge in [-0.15, -0.1) is 11.8 Å². The Bertz CT molecular complexity index is 665. The molecule has 2 rings (SSSR count). The molecule has 0 amide bonds. The molecule has 0 atom stereocenters. The van der Waals surface area contributed by atoms with Gasteiger partial charge in [0.1, 0.15) is 23.1 Å². The molecular weight excluding hydrogens is 272 g/mol. The Morgan fingerprint density at radius 1 is 1.20 bits per heavy atom. The lowest BCUT2D eigenvalue weighted by Crippen LogP contribution is -1.95. The zero-order valence-electron chi connectivity index (χ0n) is 11.2. The van der Waals surface area contributed by atoms with Gasteiger partial charge in [-0.1, -0.05) is 6.07 Å². The second-order valence-electron chi connectivity index (χ2n) is 3.95. The van der Waals surface area contributed by atoms with Gasteiger partial charge in [0.15, 0.2) is 5.75 Å². The first-order valence-electron chi connectivity index (χ1n) is 5.88. The second kappa shape index (κ2) is 6.22. The van der Waals surface area contributed by atoms with Crippen molar-refractivity contribution >= 4 is 17.4 Å². The molecule has 20 heavy (non-hydrogen) atoms. The molecule has 0 spiro atoms. The molecule has 0 aliphatic rings. The number of nitrogens with two attached hydrogens (primary N) is 1. The summed E-state index contributed by atoms with van der Waals surface area (Å²) in [6.45, 7) is 0. The largest absolute Gasteiger partial charge is 0.497 e. The maximum absolute atomic E-state index is 9.27. The van der Waals surface area contributed by atoms with E-state index in [9.17, 15) is 5.26 Å². The Kier molecular flexibility index (Phi) is 4.38. The molecule has 0 unspecified atom stereocenters. The third kappa shape index (κ3) is 2.81. The first-order chi connectivity index (χ1) is 9.69. The van der Waals surface area contributed by atoms with Crippen molar-refractivity contribution in [1.29, 1.82) is 5.26 Å². The Labute approximate surface area is 122 Å². The van der Waals surface area contributed by atoms with Gasteiger partial charge in [-0.2, -0.15) is 5.26 Å². The van der Waals surface area contributed by atoms with Crippen LogP contribution >= 0.6 is 11.8 Å². The maximum Gasteiger partial charge on any atom is 0.150 e. The number of rotatable bonds is 4. The van der Waals surface area contributed by atoms with Crippen LogP contribution in [0, 0.1) is 11.3 Å². The molecule has 2 aromatic rings. The summed E-state index contributed by atoms with van der Waals surface area (Å²) >= 11 is 1.50. The van der Waals surface area contributed by atoms with E-state index in [2.05, 4.69) is 6.07 Å². The van der Waals surface area contributed by atoms with E-state index in [0.717, 1.165) is 4.90 Å². The summed E-state index contributed by atoms with van der Waals surface area (Å²) in [5.41, 5.74) is 6.88. The molecule has 0 aliphatic heterocycles. The summed E-state index contributed by atoms with van der Waals surface area (Å²) < 4.78 is 10.8. The lowest BCUT2D eigenvalue weighted by atomic mass is 10.2. The van der Waals surface area contributed by atoms with Crippen molar-refractivity contribution in [3.63, 3.8) is 0 Å². The quantitative estimate of drug-likeness (QED) is 0.686. The highest BCUT2D eigenvalue weighted by atomic mass is 32.2. The number of anilines is 1. The average Bonchev–Trinajstić information content (AvgIpc) is 2.48. The highest BCUT2D eigenvalue weighted by Gasteiger charge is 2.11. The first-order valence-corrected chi connectivity index (χ1v) is 7.10. The van der Waals surface area contributed by atoms with Crippen LogP contribution < -0.4 is 15.2 Å². The van der Waals surface area contributed by atoms with Gasteiger partial charge in [-0.05, 0) is 30.5 Å². The fraction of sp³-hybridized carbons (Fsp3) is 0.133. The van der Waals surface area contributed by atoms with Crippen LogP contribution in [0.2, 0.25) is 0 Å². The van der Waals surface area contributed by atoms with Crippen LogP contribution in [0.4, 0.5) is 5.69 Å². The molecule has 0 bridgehead atoms. The number of hydrogen-bond donors (Lipinski definition) is 1. The van der Waals surface area contributed by atoms with E-state index in [0.29, 0.717) is 28.5 Å². The fourth-order valence-corrected chi connectivity index (χ4v) is 2.31. The van der Waals surface area contributed by atoms with Crippen molar-refractivity contribution < 1.29 is 9.47 Å². The normalized spacial score (nSPS) is 9.85. The van der Waals surface area contributed by atoms with E-state index in [1.165, 1.54) is 11.8 Å². The van der Waals surface area contributed by atoms with Crippen LogP contribution in [0.25, 0.3) is 0 Å². The van der Waals surface area contributed by atoms with E-state index in [1.54, 1.807) is 31.4 Å². The number of hydrogen-bond acceptors (Lipinski definition) is 5. The van der Waals surface area contributed by atoms with Gasteiger partial charge in [-0.3, -0.25) is 0 Å². The predicted molar refractivity (Wildman–Crippen MR) is 80.4 cm³/mol. The Hall–Kier alpha value is -2.32. The monoisotopic (exact) mass is 286 g/mol. The maximum atomic E-state index is 9.27. The molecule has 5 heteroatoms. The summed E-state index contributed by atoms with van der Waals surface area (Å²) in [6.07, 6.45) is 1.92. The topological polar surface area (TPSA) is 68.3 Å². The van der Waals surface area contributed by atoms with Gasteiger partial charge in [0.2, 0.25) is 0 Å². The van der Waals surface area contributed by atoms with Crippen LogP contribution in [0.1, 0.15) is 5.56 Å². The van der Waals surface area contributed by atoms with Crippen LogP contribution in [0.15, 0.2) is 41.3 Å². The molecule has 2 N–H and O–H groups in total. The molecule has 0 aromatic heterocycles. The van der Waals surface area contributed by atoms with Crippen molar-refractivity contribution in [3.05, 3.63) is 42.0 Å². The number of thioether (sulfide) groups is 1. The van der Waals surface area contributed by atoms with Crippen molar-refractivity contribution in [2.45, 2.75) is 4.90 Å². The smallest absolute Gasteiger partial charge is 0.150 e. The summed E-state index contributed by atoms with van der Waals surface area (Å²) in [4.78, 5) is 0.872. The Morgan fingerprint density at radius 2 is 2.00 bits per heavy atom. The van der Waals surface area contributed by atoms with Gasteiger partial charge >= 0.3 is 0 Å². The molecule has 2 aromatic carbocycles. The van der Waals surface area contributed by atoms with Gasteiger partial charge in [0.05, 0.1) is 12.8 Å². The number of nitrogen functional groups attached to an aromatic ring is 1. The fourth-order valence-electron chi connectivity index (χ4n) is 1.74. The van der Waals surface area contributed by atoms with Crippen LogP contribution in [-0.4, -0.2) is 13.4 Å². The van der Waals surface area contributed by atoms with Crippen LogP contribution in [-0.2, 0) is 0 Å². The molecule has 0 saturated carbocycles. The molecular formula is C15H14N2O2S. The van der Waals surface area contributed by atoms with E-state index >= 15 is 0 Å². The number of methoxy groups -OCH3 is 1. The summed E-state index contributed by atoms with van der Waals surface area (Å²) in [6, 6.07) is 12.8. The van der Waals surface area contributed by atoms with Crippen LogP contribution in [0.5, 0.6) is 17.2 Å². The summed E-state index contributed by atoms with van der Waals surface area (Å²) in [5.74, 6) is 1.66. The zero-order chi connectivity index (χ0) is 14.5. The Balaban J connectivity index is 2.38. The van der Waals surface area contributed by atoms with Gasteiger partial charge < -0.3 is 15.2 Å². The lowest BCUT2D eigenvalue weighted by molar-refractivity contribution is 0.413. The number of nitriles is 1. The molecule has 0 saturated heterocycles. The minimum Gasteiger partial charge on any atom is -0.497 e. The average molecular weight is 286 g/mol. The van der Waals surface area contributed by atoms with Gasteiger partial charge in [0.25, 0.3) is 0 Å². The van der Waals surface area contributed by atoms with Crippen molar-refractivity contribution in [2.75, 3.05) is 19.1 Å². The molecule has 0 heterocycles. The SMILES string of the molecule is COc1ccc(Oc2cccc(SC)c2C#N)c(N)c1. The number of ether oxygens (including phenoxy) is 2. The number of benzene rings is 2. The van der Waals surface area contributed by atoms with E-state index in [4.69, 9.17) is 15.2 Å². The first kappa shape index (κ1) is 14.1. The lowest BCUT2D eigenvalue weighted by Gasteiger charge is -2.12. The molecule has 102 valence electrons. The van der Waals surface area contributed by atoms with E-state index < -0.39 is 0 Å². The molecule has 4 nitrogen and oxygen atoms in total. The van der Waals surface area contributed by atoms with Crippen LogP contribution in [0.3, 0.4) is 0 Å². The minimum absolute atomic E-state index is 0.461.